The van der Waals surface area contributed by atoms with Crippen molar-refractivity contribution < 1.29 is 17.2 Å². The third-order valence-electron chi connectivity index (χ3n) is 5.77. The summed E-state index contributed by atoms with van der Waals surface area (Å²) in [5, 5.41) is -2.16. The van der Waals surface area contributed by atoms with Crippen LogP contribution in [-0.2, 0) is 9.84 Å². The van der Waals surface area contributed by atoms with Gasteiger partial charge in [-0.15, -0.1) is 0 Å². The van der Waals surface area contributed by atoms with E-state index in [1.54, 1.807) is 24.3 Å². The van der Waals surface area contributed by atoms with Crippen LogP contribution in [-0.4, -0.2) is 8.42 Å². The van der Waals surface area contributed by atoms with Crippen LogP contribution >= 0.6 is 31.9 Å². The summed E-state index contributed by atoms with van der Waals surface area (Å²) in [6.45, 7) is 0. The standard InChI is InChI=1S/C30H22Br2F2O2S/c31-25-11-1-21(2-12-25)5-19-29(23-7-15-27(33)16-8-23)37(35,36)30(24-9-17-28(34)18-10-24)20-6-22-3-13-26(32)14-4-22/h1-20,29-30H/b19-5+,20-6+. The molecule has 4 aromatic rings. The van der Waals surface area contributed by atoms with Crippen LogP contribution in [0.4, 0.5) is 8.78 Å². The maximum absolute atomic E-state index is 14.2. The highest BCUT2D eigenvalue weighted by atomic mass is 79.9. The van der Waals surface area contributed by atoms with E-state index in [1.165, 1.54) is 48.5 Å². The van der Waals surface area contributed by atoms with Gasteiger partial charge in [-0.2, -0.15) is 0 Å². The number of benzene rings is 4. The molecule has 4 rings (SSSR count). The van der Waals surface area contributed by atoms with Gasteiger partial charge in [-0.1, -0.05) is 105 Å². The molecule has 0 saturated heterocycles. The van der Waals surface area contributed by atoms with Gasteiger partial charge in [-0.3, -0.25) is 0 Å². The maximum atomic E-state index is 14.2. The van der Waals surface area contributed by atoms with Gasteiger partial charge in [0.2, 0.25) is 0 Å². The van der Waals surface area contributed by atoms with Crippen molar-refractivity contribution in [1.82, 2.24) is 0 Å². The zero-order chi connectivity index (χ0) is 26.4. The Morgan fingerprint density at radius 1 is 0.541 bits per heavy atom. The Morgan fingerprint density at radius 2 is 0.865 bits per heavy atom. The highest BCUT2D eigenvalue weighted by Gasteiger charge is 2.33. The van der Waals surface area contributed by atoms with Crippen LogP contribution in [0.15, 0.2) is 118 Å². The molecule has 0 fully saturated rings. The van der Waals surface area contributed by atoms with E-state index in [9.17, 15) is 17.2 Å². The van der Waals surface area contributed by atoms with Crippen molar-refractivity contribution in [1.29, 1.82) is 0 Å². The van der Waals surface area contributed by atoms with Gasteiger partial charge >= 0.3 is 0 Å². The summed E-state index contributed by atoms with van der Waals surface area (Å²) in [6.07, 6.45) is 6.68. The van der Waals surface area contributed by atoms with E-state index in [0.717, 1.165) is 20.1 Å². The molecule has 37 heavy (non-hydrogen) atoms. The Balaban J connectivity index is 1.81. The molecule has 0 heterocycles. The van der Waals surface area contributed by atoms with Crippen LogP contribution in [0.2, 0.25) is 0 Å². The Morgan fingerprint density at radius 3 is 1.19 bits per heavy atom. The third-order valence-corrected chi connectivity index (χ3v) is 9.10. The molecule has 0 aliphatic heterocycles. The minimum absolute atomic E-state index is 0.430. The first-order chi connectivity index (χ1) is 17.7. The first-order valence-corrected chi connectivity index (χ1v) is 14.5. The fourth-order valence-electron chi connectivity index (χ4n) is 3.83. The van der Waals surface area contributed by atoms with E-state index in [0.29, 0.717) is 11.1 Å². The monoisotopic (exact) mass is 642 g/mol. The van der Waals surface area contributed by atoms with Crippen molar-refractivity contribution in [3.8, 4) is 0 Å². The molecular weight excluding hydrogens is 622 g/mol. The number of hydrogen-bond acceptors (Lipinski definition) is 2. The van der Waals surface area contributed by atoms with Gasteiger partial charge in [0.25, 0.3) is 0 Å². The molecule has 0 spiro atoms. The van der Waals surface area contributed by atoms with Crippen LogP contribution in [0.3, 0.4) is 0 Å². The van der Waals surface area contributed by atoms with Crippen molar-refractivity contribution in [2.45, 2.75) is 10.5 Å². The SMILES string of the molecule is O=S(=O)(C(/C=C/c1ccc(Br)cc1)c1ccc(F)cc1)C(/C=C/c1ccc(Br)cc1)c1ccc(F)cc1. The molecule has 188 valence electrons. The number of halogens is 4. The minimum atomic E-state index is -3.99. The van der Waals surface area contributed by atoms with Crippen molar-refractivity contribution in [3.05, 3.63) is 152 Å². The molecule has 0 aromatic heterocycles. The second-order valence-electron chi connectivity index (χ2n) is 8.35. The molecule has 2 atom stereocenters. The molecule has 0 bridgehead atoms. The second-order valence-corrected chi connectivity index (χ2v) is 12.4. The lowest BCUT2D eigenvalue weighted by Gasteiger charge is -2.22. The quantitative estimate of drug-likeness (QED) is 0.192. The molecular formula is C30H22Br2F2O2S. The predicted molar refractivity (Wildman–Crippen MR) is 154 cm³/mol. The largest absolute Gasteiger partial charge is 0.227 e. The van der Waals surface area contributed by atoms with Gasteiger partial charge < -0.3 is 0 Å². The van der Waals surface area contributed by atoms with Crippen LogP contribution in [0.5, 0.6) is 0 Å². The highest BCUT2D eigenvalue weighted by molar-refractivity contribution is 9.10. The smallest absolute Gasteiger partial charge is 0.171 e. The average molecular weight is 644 g/mol. The molecule has 4 aromatic carbocycles. The lowest BCUT2D eigenvalue weighted by molar-refractivity contribution is 0.583. The van der Waals surface area contributed by atoms with Crippen LogP contribution in [0.1, 0.15) is 32.8 Å². The Hall–Kier alpha value is -2.87. The van der Waals surface area contributed by atoms with Crippen LogP contribution in [0, 0.1) is 11.6 Å². The zero-order valence-corrected chi connectivity index (χ0v) is 23.4. The third kappa shape index (κ3) is 7.12. The first-order valence-electron chi connectivity index (χ1n) is 11.3. The Kier molecular flexibility index (Phi) is 8.90. The van der Waals surface area contributed by atoms with E-state index in [-0.39, 0.29) is 0 Å². The van der Waals surface area contributed by atoms with Crippen molar-refractivity contribution >= 4 is 53.8 Å². The van der Waals surface area contributed by atoms with E-state index in [4.69, 9.17) is 0 Å². The Labute approximate surface area is 232 Å². The lowest BCUT2D eigenvalue weighted by atomic mass is 10.1. The highest BCUT2D eigenvalue weighted by Crippen LogP contribution is 2.37. The van der Waals surface area contributed by atoms with Gasteiger partial charge in [0.05, 0.1) is 0 Å². The maximum Gasteiger partial charge on any atom is 0.171 e. The molecule has 0 aliphatic carbocycles. The molecule has 0 N–H and O–H groups in total. The van der Waals surface area contributed by atoms with Crippen LogP contribution in [0.25, 0.3) is 12.2 Å². The van der Waals surface area contributed by atoms with E-state index < -0.39 is 32.0 Å². The summed E-state index contributed by atoms with van der Waals surface area (Å²) in [4.78, 5) is 0. The molecule has 7 heteroatoms. The average Bonchev–Trinajstić information content (AvgIpc) is 2.88. The topological polar surface area (TPSA) is 34.1 Å². The molecule has 0 radical (unpaired) electrons. The summed E-state index contributed by atoms with van der Waals surface area (Å²) in [7, 11) is -3.99. The summed E-state index contributed by atoms with van der Waals surface area (Å²) < 4.78 is 57.7. The molecule has 2 unspecified atom stereocenters. The van der Waals surface area contributed by atoms with E-state index >= 15 is 0 Å². The van der Waals surface area contributed by atoms with Gasteiger partial charge in [0, 0.05) is 8.95 Å². The van der Waals surface area contributed by atoms with Crippen LogP contribution < -0.4 is 0 Å². The summed E-state index contributed by atoms with van der Waals surface area (Å²) in [6, 6.07) is 25.8. The van der Waals surface area contributed by atoms with Gasteiger partial charge in [0.1, 0.15) is 22.1 Å². The Bertz CT molecular complexity index is 1390. The molecule has 0 aliphatic rings. The van der Waals surface area contributed by atoms with Gasteiger partial charge in [-0.25, -0.2) is 17.2 Å². The second kappa shape index (κ2) is 12.1. The normalized spacial score (nSPS) is 13.7. The van der Waals surface area contributed by atoms with Crippen molar-refractivity contribution in [3.63, 3.8) is 0 Å². The lowest BCUT2D eigenvalue weighted by Crippen LogP contribution is -2.19. The molecule has 0 saturated carbocycles. The first kappa shape index (κ1) is 27.2. The number of sulfone groups is 1. The van der Waals surface area contributed by atoms with Gasteiger partial charge in [0.15, 0.2) is 9.84 Å². The summed E-state index contributed by atoms with van der Waals surface area (Å²) in [5.74, 6) is -0.913. The summed E-state index contributed by atoms with van der Waals surface area (Å²) in [5.41, 5.74) is 2.49. The molecule has 2 nitrogen and oxygen atoms in total. The van der Waals surface area contributed by atoms with E-state index in [1.807, 2.05) is 48.5 Å². The summed E-state index contributed by atoms with van der Waals surface area (Å²) >= 11 is 6.80. The minimum Gasteiger partial charge on any atom is -0.227 e. The number of rotatable bonds is 8. The van der Waals surface area contributed by atoms with Gasteiger partial charge in [-0.05, 0) is 70.8 Å². The fourth-order valence-corrected chi connectivity index (χ4v) is 6.34. The fraction of sp³-hybridized carbons (Fsp3) is 0.0667. The van der Waals surface area contributed by atoms with Crippen molar-refractivity contribution in [2.75, 3.05) is 0 Å². The number of hydrogen-bond donors (Lipinski definition) is 0. The predicted octanol–water partition coefficient (Wildman–Crippen LogP) is 9.11. The van der Waals surface area contributed by atoms with E-state index in [2.05, 4.69) is 31.9 Å². The molecule has 0 amide bonds. The van der Waals surface area contributed by atoms with Crippen molar-refractivity contribution in [2.24, 2.45) is 0 Å². The zero-order valence-electron chi connectivity index (χ0n) is 19.4.